The van der Waals surface area contributed by atoms with E-state index in [-0.39, 0.29) is 35.8 Å². The van der Waals surface area contributed by atoms with Gasteiger partial charge in [0.15, 0.2) is 12.9 Å². The third kappa shape index (κ3) is 6.92. The van der Waals surface area contributed by atoms with E-state index in [4.69, 9.17) is 33.2 Å². The van der Waals surface area contributed by atoms with Crippen LogP contribution in [0.1, 0.15) is 26.3 Å². The number of benzene rings is 3. The van der Waals surface area contributed by atoms with E-state index >= 15 is 0 Å². The summed E-state index contributed by atoms with van der Waals surface area (Å²) >= 11 is 0. The van der Waals surface area contributed by atoms with Crippen LogP contribution in [0.5, 0.6) is 28.7 Å². The fourth-order valence-electron chi connectivity index (χ4n) is 3.57. The summed E-state index contributed by atoms with van der Waals surface area (Å²) in [7, 11) is 7.47. The number of hydrogen-bond acceptors (Lipinski definition) is 9. The number of carbonyl (C=O) groups excluding carboxylic acids is 2. The Balaban J connectivity index is 2.01. The second kappa shape index (κ2) is 13.2. The van der Waals surface area contributed by atoms with Gasteiger partial charge in [0, 0.05) is 25.7 Å². The third-order valence-corrected chi connectivity index (χ3v) is 5.52. The van der Waals surface area contributed by atoms with Gasteiger partial charge >= 0.3 is 5.97 Å². The quantitative estimate of drug-likeness (QED) is 0.189. The van der Waals surface area contributed by atoms with Crippen LogP contribution in [0.15, 0.2) is 60.7 Å². The molecule has 0 aliphatic rings. The van der Waals surface area contributed by atoms with Crippen molar-refractivity contribution >= 4 is 11.8 Å². The maximum Gasteiger partial charge on any atom is 0.338 e. The zero-order chi connectivity index (χ0) is 26.8. The number of carbonyl (C=O) groups is 2. The molecule has 9 nitrogen and oxygen atoms in total. The number of esters is 1. The molecule has 0 bridgehead atoms. The molecule has 0 aliphatic carbocycles. The van der Waals surface area contributed by atoms with Crippen molar-refractivity contribution in [3.05, 3.63) is 77.4 Å². The Morgan fingerprint density at radius 2 is 1.27 bits per heavy atom. The van der Waals surface area contributed by atoms with Crippen molar-refractivity contribution in [2.45, 2.75) is 12.5 Å². The van der Waals surface area contributed by atoms with Crippen molar-refractivity contribution in [1.29, 1.82) is 0 Å². The molecule has 3 rings (SSSR count). The largest absolute Gasteiger partial charge is 0.497 e. The van der Waals surface area contributed by atoms with Crippen LogP contribution >= 0.6 is 0 Å². The molecule has 0 N–H and O–H groups in total. The van der Waals surface area contributed by atoms with Crippen molar-refractivity contribution in [2.24, 2.45) is 0 Å². The molecule has 0 saturated heterocycles. The van der Waals surface area contributed by atoms with Gasteiger partial charge < -0.3 is 33.2 Å². The van der Waals surface area contributed by atoms with Gasteiger partial charge in [0.25, 0.3) is 0 Å². The molecule has 196 valence electrons. The maximum atomic E-state index is 13.9. The monoisotopic (exact) mass is 510 g/mol. The van der Waals surface area contributed by atoms with Gasteiger partial charge in [0.2, 0.25) is 5.78 Å². The number of methoxy groups -OCH3 is 5. The molecule has 0 saturated carbocycles. The summed E-state index contributed by atoms with van der Waals surface area (Å²) < 4.78 is 37.6. The Morgan fingerprint density at radius 3 is 1.81 bits per heavy atom. The Kier molecular flexibility index (Phi) is 9.74. The SMILES string of the molecule is COCOc1cc(OC)cc(OC)c1C(=O)C(Cc1ccc(OC)cc1)OC(=O)c1ccc(OC)cc1. The first kappa shape index (κ1) is 27.3. The minimum absolute atomic E-state index is 0.0985. The van der Waals surface area contributed by atoms with Crippen molar-refractivity contribution in [3.63, 3.8) is 0 Å². The fraction of sp³-hybridized carbons (Fsp3) is 0.286. The van der Waals surface area contributed by atoms with E-state index in [1.807, 2.05) is 0 Å². The highest BCUT2D eigenvalue weighted by molar-refractivity contribution is 6.06. The summed E-state index contributed by atoms with van der Waals surface area (Å²) in [4.78, 5) is 27.0. The number of ketones is 1. The predicted octanol–water partition coefficient (Wildman–Crippen LogP) is 4.35. The number of ether oxygens (including phenoxy) is 7. The Hall–Kier alpha value is -4.24. The van der Waals surface area contributed by atoms with Crippen molar-refractivity contribution in [1.82, 2.24) is 0 Å². The van der Waals surface area contributed by atoms with Crippen LogP contribution in [0.25, 0.3) is 0 Å². The molecule has 3 aromatic carbocycles. The Labute approximate surface area is 215 Å². The molecule has 37 heavy (non-hydrogen) atoms. The fourth-order valence-corrected chi connectivity index (χ4v) is 3.57. The molecular formula is C28H30O9. The van der Waals surface area contributed by atoms with E-state index in [1.54, 1.807) is 67.8 Å². The smallest absolute Gasteiger partial charge is 0.338 e. The number of Topliss-reactive ketones (excluding diaryl/α,β-unsaturated/α-hetero) is 1. The lowest BCUT2D eigenvalue weighted by Crippen LogP contribution is -2.30. The maximum absolute atomic E-state index is 13.9. The second-order valence-electron chi connectivity index (χ2n) is 7.79. The van der Waals surface area contributed by atoms with Crippen LogP contribution in [-0.2, 0) is 15.9 Å². The number of rotatable bonds is 13. The highest BCUT2D eigenvalue weighted by atomic mass is 16.7. The zero-order valence-corrected chi connectivity index (χ0v) is 21.4. The molecule has 9 heteroatoms. The normalized spacial score (nSPS) is 11.3. The van der Waals surface area contributed by atoms with E-state index in [1.165, 1.54) is 28.4 Å². The molecule has 1 unspecified atom stereocenters. The summed E-state index contributed by atoms with van der Waals surface area (Å²) in [5, 5.41) is 0. The van der Waals surface area contributed by atoms with Crippen molar-refractivity contribution in [3.8, 4) is 28.7 Å². The van der Waals surface area contributed by atoms with Gasteiger partial charge in [-0.25, -0.2) is 4.79 Å². The average molecular weight is 511 g/mol. The zero-order valence-electron chi connectivity index (χ0n) is 21.4. The number of hydrogen-bond donors (Lipinski definition) is 0. The van der Waals surface area contributed by atoms with Crippen molar-refractivity contribution < 1.29 is 42.7 Å². The lowest BCUT2D eigenvalue weighted by atomic mass is 9.97. The topological polar surface area (TPSA) is 98.8 Å². The molecular weight excluding hydrogens is 480 g/mol. The molecule has 0 aromatic heterocycles. The molecule has 0 spiro atoms. The van der Waals surface area contributed by atoms with E-state index in [0.717, 1.165) is 5.56 Å². The van der Waals surface area contributed by atoms with Gasteiger partial charge in [-0.15, -0.1) is 0 Å². The van der Waals surface area contributed by atoms with Crippen LogP contribution in [0.4, 0.5) is 0 Å². The molecule has 0 fully saturated rings. The standard InChI is InChI=1S/C28H30O9/c1-31-17-36-24-16-22(34-4)15-23(35-5)26(24)27(29)25(14-18-6-10-20(32-2)11-7-18)37-28(30)19-8-12-21(33-3)13-9-19/h6-13,15-16,25H,14,17H2,1-5H3. The van der Waals surface area contributed by atoms with Gasteiger partial charge in [-0.2, -0.15) is 0 Å². The minimum Gasteiger partial charge on any atom is -0.497 e. The van der Waals surface area contributed by atoms with Gasteiger partial charge in [0.1, 0.15) is 34.3 Å². The first-order chi connectivity index (χ1) is 17.9. The van der Waals surface area contributed by atoms with E-state index in [2.05, 4.69) is 0 Å². The van der Waals surface area contributed by atoms with Gasteiger partial charge in [-0.3, -0.25) is 4.79 Å². The molecule has 0 amide bonds. The van der Waals surface area contributed by atoms with Crippen LogP contribution in [0.2, 0.25) is 0 Å². The Bertz CT molecular complexity index is 1190. The summed E-state index contributed by atoms with van der Waals surface area (Å²) in [6.45, 7) is -0.120. The predicted molar refractivity (Wildman–Crippen MR) is 135 cm³/mol. The van der Waals surface area contributed by atoms with Gasteiger partial charge in [0.05, 0.1) is 34.0 Å². The summed E-state index contributed by atoms with van der Waals surface area (Å²) in [5.74, 6) is 0.865. The lowest BCUT2D eigenvalue weighted by molar-refractivity contribution is 0.0273. The third-order valence-electron chi connectivity index (χ3n) is 5.52. The Morgan fingerprint density at radius 1 is 0.703 bits per heavy atom. The van der Waals surface area contributed by atoms with Gasteiger partial charge in [-0.05, 0) is 42.0 Å². The van der Waals surface area contributed by atoms with Crippen LogP contribution in [-0.4, -0.2) is 60.2 Å². The molecule has 0 heterocycles. The molecule has 1 atom stereocenters. The average Bonchev–Trinajstić information content (AvgIpc) is 2.95. The van der Waals surface area contributed by atoms with Gasteiger partial charge in [-0.1, -0.05) is 12.1 Å². The first-order valence-corrected chi connectivity index (χ1v) is 11.3. The summed E-state index contributed by atoms with van der Waals surface area (Å²) in [5.41, 5.74) is 1.13. The highest BCUT2D eigenvalue weighted by Crippen LogP contribution is 2.36. The van der Waals surface area contributed by atoms with Crippen LogP contribution in [0, 0.1) is 0 Å². The first-order valence-electron chi connectivity index (χ1n) is 11.3. The lowest BCUT2D eigenvalue weighted by Gasteiger charge is -2.21. The van der Waals surface area contributed by atoms with Crippen LogP contribution in [0.3, 0.4) is 0 Å². The minimum atomic E-state index is -1.20. The highest BCUT2D eigenvalue weighted by Gasteiger charge is 2.31. The molecule has 3 aromatic rings. The van der Waals surface area contributed by atoms with Crippen LogP contribution < -0.4 is 23.7 Å². The van der Waals surface area contributed by atoms with Crippen molar-refractivity contribution in [2.75, 3.05) is 42.3 Å². The van der Waals surface area contributed by atoms with E-state index in [9.17, 15) is 9.59 Å². The molecule has 0 radical (unpaired) electrons. The summed E-state index contributed by atoms with van der Waals surface area (Å²) in [6, 6.07) is 16.6. The van der Waals surface area contributed by atoms with E-state index in [0.29, 0.717) is 17.2 Å². The second-order valence-corrected chi connectivity index (χ2v) is 7.79. The van der Waals surface area contributed by atoms with E-state index < -0.39 is 17.9 Å². The summed E-state index contributed by atoms with van der Waals surface area (Å²) in [6.07, 6.45) is -1.10. The molecule has 0 aliphatic heterocycles.